The van der Waals surface area contributed by atoms with Crippen LogP contribution in [0.25, 0.3) is 11.2 Å². The number of nitrogens with zero attached hydrogens (tertiary/aromatic N) is 4. The number of amides is 2. The van der Waals surface area contributed by atoms with Crippen molar-refractivity contribution >= 4 is 36.5 Å². The Hall–Kier alpha value is -4.19. The number of phosphoric ester groups is 1. The molecule has 2 aromatic carbocycles. The van der Waals surface area contributed by atoms with Crippen molar-refractivity contribution < 1.29 is 37.9 Å². The molecule has 4 heterocycles. The van der Waals surface area contributed by atoms with Crippen LogP contribution < -0.4 is 10.6 Å². The molecule has 0 radical (unpaired) electrons. The van der Waals surface area contributed by atoms with Crippen LogP contribution >= 0.6 is 7.82 Å². The topological polar surface area (TPSA) is 179 Å². The van der Waals surface area contributed by atoms with Crippen LogP contribution in [0.3, 0.4) is 0 Å². The number of para-hydroxylation sites is 1. The number of aromatic nitrogens is 4. The van der Waals surface area contributed by atoms with Crippen LogP contribution in [0.2, 0.25) is 0 Å². The molecule has 0 spiro atoms. The SMILES string of the molecule is O=C(Nc1ccccc1)Nc1ncnc2c1ncn2C1O[C@H](COP(=O)(O)O)C2OC(C#Cc3ccccc3)OC21. The standard InChI is InChI=1S/C26H23N6O8P/c33-26(30-17-9-5-2-6-10-17)31-23-20-24(28-14-27-23)32(15-29-20)25-22-21(18(38-25)13-37-41(34,35)36)39-19(40-22)12-11-16-7-3-1-4-8-16/h1-10,14-15,18-19,21-22,25H,13H2,(H2,34,35,36)(H2,27,28,30,31,33)/t18-,19?,21?,22?,25?/m1/s1. The number of carbonyl (C=O) groups excluding carboxylic acids is 1. The zero-order chi connectivity index (χ0) is 28.4. The summed E-state index contributed by atoms with van der Waals surface area (Å²) >= 11 is 0. The minimum Gasteiger partial charge on any atom is -0.347 e. The van der Waals surface area contributed by atoms with E-state index in [4.69, 9.17) is 18.7 Å². The fourth-order valence-electron chi connectivity index (χ4n) is 4.52. The monoisotopic (exact) mass is 578 g/mol. The van der Waals surface area contributed by atoms with Crippen LogP contribution in [0, 0.1) is 11.8 Å². The van der Waals surface area contributed by atoms with Crippen molar-refractivity contribution in [2.45, 2.75) is 30.8 Å². The van der Waals surface area contributed by atoms with E-state index >= 15 is 0 Å². The predicted octanol–water partition coefficient (Wildman–Crippen LogP) is 2.64. The first kappa shape index (κ1) is 27.0. The molecule has 2 fully saturated rings. The smallest absolute Gasteiger partial charge is 0.347 e. The molecule has 210 valence electrons. The van der Waals surface area contributed by atoms with E-state index in [2.05, 4.69) is 37.4 Å². The molecular formula is C26H23N6O8P. The number of urea groups is 1. The first-order valence-corrected chi connectivity index (χ1v) is 13.9. The van der Waals surface area contributed by atoms with Crippen molar-refractivity contribution in [3.8, 4) is 11.8 Å². The summed E-state index contributed by atoms with van der Waals surface area (Å²) in [6.07, 6.45) is -1.53. The number of hydrogen-bond acceptors (Lipinski definition) is 9. The van der Waals surface area contributed by atoms with Gasteiger partial charge in [-0.05, 0) is 30.2 Å². The highest BCUT2D eigenvalue weighted by Gasteiger charge is 2.54. The molecule has 2 aromatic heterocycles. The second kappa shape index (κ2) is 11.4. The Morgan fingerprint density at radius 1 is 0.976 bits per heavy atom. The minimum absolute atomic E-state index is 0.160. The van der Waals surface area contributed by atoms with E-state index in [1.807, 2.05) is 36.4 Å². The van der Waals surface area contributed by atoms with Crippen molar-refractivity contribution in [3.05, 3.63) is 78.9 Å². The van der Waals surface area contributed by atoms with Crippen LogP contribution in [0.5, 0.6) is 0 Å². The van der Waals surface area contributed by atoms with Gasteiger partial charge in [0.2, 0.25) is 6.29 Å². The number of phosphoric acid groups is 1. The molecule has 4 unspecified atom stereocenters. The summed E-state index contributed by atoms with van der Waals surface area (Å²) in [7, 11) is -4.78. The lowest BCUT2D eigenvalue weighted by molar-refractivity contribution is -0.129. The molecule has 4 aromatic rings. The van der Waals surface area contributed by atoms with Gasteiger partial charge < -0.3 is 29.3 Å². The normalized spacial score (nSPS) is 23.5. The maximum absolute atomic E-state index is 12.6. The Bertz CT molecular complexity index is 1650. The van der Waals surface area contributed by atoms with Gasteiger partial charge in [0.1, 0.15) is 24.6 Å². The number of hydrogen-bond donors (Lipinski definition) is 4. The van der Waals surface area contributed by atoms with E-state index in [0.29, 0.717) is 11.3 Å². The Labute approximate surface area is 232 Å². The van der Waals surface area contributed by atoms with Crippen LogP contribution in [0.1, 0.15) is 11.8 Å². The second-order valence-electron chi connectivity index (χ2n) is 9.01. The average molecular weight is 578 g/mol. The molecule has 15 heteroatoms. The molecule has 4 N–H and O–H groups in total. The number of anilines is 2. The molecule has 41 heavy (non-hydrogen) atoms. The Morgan fingerprint density at radius 2 is 1.71 bits per heavy atom. The Balaban J connectivity index is 1.25. The molecule has 2 saturated heterocycles. The highest BCUT2D eigenvalue weighted by atomic mass is 31.2. The Kier molecular flexibility index (Phi) is 7.48. The van der Waals surface area contributed by atoms with E-state index in [1.165, 1.54) is 12.7 Å². The van der Waals surface area contributed by atoms with Crippen LogP contribution in [0.4, 0.5) is 16.3 Å². The molecule has 2 aliphatic heterocycles. The van der Waals surface area contributed by atoms with Crippen molar-refractivity contribution in [2.75, 3.05) is 17.2 Å². The average Bonchev–Trinajstić information content (AvgIpc) is 3.66. The lowest BCUT2D eigenvalue weighted by Gasteiger charge is -2.20. The van der Waals surface area contributed by atoms with Gasteiger partial charge in [0.15, 0.2) is 23.2 Å². The number of ether oxygens (including phenoxy) is 3. The molecule has 5 atom stereocenters. The van der Waals surface area contributed by atoms with Gasteiger partial charge in [0, 0.05) is 11.3 Å². The van der Waals surface area contributed by atoms with E-state index < -0.39 is 51.3 Å². The molecule has 2 amide bonds. The summed E-state index contributed by atoms with van der Waals surface area (Å²) in [5.74, 6) is 6.07. The van der Waals surface area contributed by atoms with E-state index in [9.17, 15) is 19.1 Å². The maximum atomic E-state index is 12.6. The molecule has 14 nitrogen and oxygen atoms in total. The zero-order valence-corrected chi connectivity index (χ0v) is 22.0. The second-order valence-corrected chi connectivity index (χ2v) is 10.3. The summed E-state index contributed by atoms with van der Waals surface area (Å²) in [5, 5.41) is 5.38. The van der Waals surface area contributed by atoms with Gasteiger partial charge in [-0.15, -0.1) is 0 Å². The zero-order valence-electron chi connectivity index (χ0n) is 21.1. The minimum atomic E-state index is -4.78. The number of imidazole rings is 1. The van der Waals surface area contributed by atoms with Crippen molar-refractivity contribution in [1.29, 1.82) is 0 Å². The van der Waals surface area contributed by atoms with E-state index in [1.54, 1.807) is 28.8 Å². The fraction of sp³-hybridized carbons (Fsp3) is 0.231. The molecule has 0 saturated carbocycles. The fourth-order valence-corrected chi connectivity index (χ4v) is 4.86. The largest absolute Gasteiger partial charge is 0.469 e. The van der Waals surface area contributed by atoms with Crippen LogP contribution in [0.15, 0.2) is 73.3 Å². The third kappa shape index (κ3) is 6.12. The van der Waals surface area contributed by atoms with Crippen LogP contribution in [-0.2, 0) is 23.3 Å². The highest BCUT2D eigenvalue weighted by molar-refractivity contribution is 7.46. The molecule has 2 aliphatic rings. The summed E-state index contributed by atoms with van der Waals surface area (Å²) < 4.78 is 35.8. The van der Waals surface area contributed by atoms with E-state index in [-0.39, 0.29) is 11.3 Å². The lowest BCUT2D eigenvalue weighted by Crippen LogP contribution is -2.31. The van der Waals surface area contributed by atoms with Crippen molar-refractivity contribution in [3.63, 3.8) is 0 Å². The van der Waals surface area contributed by atoms with Crippen molar-refractivity contribution in [1.82, 2.24) is 19.5 Å². The number of benzene rings is 2. The third-order valence-electron chi connectivity index (χ3n) is 6.26. The first-order valence-electron chi connectivity index (χ1n) is 12.4. The van der Waals surface area contributed by atoms with Gasteiger partial charge in [-0.2, -0.15) is 0 Å². The highest BCUT2D eigenvalue weighted by Crippen LogP contribution is 2.43. The third-order valence-corrected chi connectivity index (χ3v) is 6.74. The lowest BCUT2D eigenvalue weighted by atomic mass is 10.1. The quantitative estimate of drug-likeness (QED) is 0.195. The summed E-state index contributed by atoms with van der Waals surface area (Å²) in [5.41, 5.74) is 1.96. The molecule has 0 aliphatic carbocycles. The molecule has 0 bridgehead atoms. The van der Waals surface area contributed by atoms with Gasteiger partial charge in [-0.25, -0.2) is 24.3 Å². The van der Waals surface area contributed by atoms with Gasteiger partial charge >= 0.3 is 13.9 Å². The first-order chi connectivity index (χ1) is 19.8. The molecular weight excluding hydrogens is 555 g/mol. The van der Waals surface area contributed by atoms with Crippen molar-refractivity contribution in [2.24, 2.45) is 0 Å². The number of carbonyl (C=O) groups is 1. The summed E-state index contributed by atoms with van der Waals surface area (Å²) in [6.45, 7) is -0.460. The summed E-state index contributed by atoms with van der Waals surface area (Å²) in [4.78, 5) is 43.9. The van der Waals surface area contributed by atoms with Gasteiger partial charge in [0.05, 0.1) is 12.9 Å². The van der Waals surface area contributed by atoms with E-state index in [0.717, 1.165) is 5.56 Å². The number of rotatable bonds is 6. The van der Waals surface area contributed by atoms with Gasteiger partial charge in [-0.1, -0.05) is 42.3 Å². The Morgan fingerprint density at radius 3 is 2.46 bits per heavy atom. The van der Waals surface area contributed by atoms with Gasteiger partial charge in [0.25, 0.3) is 0 Å². The maximum Gasteiger partial charge on any atom is 0.469 e. The van der Waals surface area contributed by atoms with Crippen LogP contribution in [-0.4, -0.2) is 66.5 Å². The predicted molar refractivity (Wildman–Crippen MR) is 143 cm³/mol. The number of fused-ring (bicyclic) bond motifs is 2. The van der Waals surface area contributed by atoms with Gasteiger partial charge in [-0.3, -0.25) is 14.4 Å². The molecule has 6 rings (SSSR count). The summed E-state index contributed by atoms with van der Waals surface area (Å²) in [6, 6.07) is 17.6. The number of nitrogens with one attached hydrogen (secondary N) is 2.